The molecule has 0 bridgehead atoms. The average Bonchev–Trinajstić information content (AvgIpc) is 3.21. The predicted molar refractivity (Wildman–Crippen MR) is 146 cm³/mol. The van der Waals surface area contributed by atoms with Gasteiger partial charge in [-0.2, -0.15) is 0 Å². The molecule has 1 atom stereocenters. The molecule has 0 aliphatic rings. The standard InChI is InChI=1S/C25H21Cl2N3O3S2/c1-3-33-18-8-5-16(6-9-18)28-23(31)14(2)34-25-30-21-11-7-17(13-22(21)35-25)29-24(32)19-10-4-15(26)12-20(19)27/h4-14H,3H2,1-2H3,(H,28,31)(H,29,32). The van der Waals surface area contributed by atoms with Crippen molar-refractivity contribution in [3.63, 3.8) is 0 Å². The number of hydrogen-bond acceptors (Lipinski definition) is 6. The number of carbonyl (C=O) groups is 2. The lowest BCUT2D eigenvalue weighted by Crippen LogP contribution is -2.22. The number of nitrogens with one attached hydrogen (secondary N) is 2. The lowest BCUT2D eigenvalue weighted by atomic mass is 10.2. The summed E-state index contributed by atoms with van der Waals surface area (Å²) in [7, 11) is 0. The Balaban J connectivity index is 1.40. The monoisotopic (exact) mass is 545 g/mol. The maximum absolute atomic E-state index is 12.6. The van der Waals surface area contributed by atoms with Crippen LogP contribution >= 0.6 is 46.3 Å². The normalized spacial score (nSPS) is 11.8. The molecule has 0 spiro atoms. The molecule has 1 heterocycles. The third-order valence-corrected chi connectivity index (χ3v) is 7.64. The van der Waals surface area contributed by atoms with Crippen LogP contribution in [0.3, 0.4) is 0 Å². The first-order valence-corrected chi connectivity index (χ1v) is 13.1. The second-order valence-electron chi connectivity index (χ2n) is 7.45. The number of benzene rings is 3. The first-order valence-electron chi connectivity index (χ1n) is 10.7. The molecule has 180 valence electrons. The Morgan fingerprint density at radius 3 is 2.49 bits per heavy atom. The fraction of sp³-hybridized carbons (Fsp3) is 0.160. The van der Waals surface area contributed by atoms with Crippen LogP contribution in [-0.2, 0) is 4.79 Å². The number of amides is 2. The fourth-order valence-electron chi connectivity index (χ4n) is 3.15. The van der Waals surface area contributed by atoms with Crippen molar-refractivity contribution >= 4 is 79.7 Å². The summed E-state index contributed by atoms with van der Waals surface area (Å²) in [5, 5.41) is 6.16. The van der Waals surface area contributed by atoms with Crippen LogP contribution in [0.25, 0.3) is 10.2 Å². The van der Waals surface area contributed by atoms with E-state index in [-0.39, 0.29) is 22.1 Å². The molecular weight excluding hydrogens is 525 g/mol. The van der Waals surface area contributed by atoms with E-state index in [4.69, 9.17) is 27.9 Å². The van der Waals surface area contributed by atoms with Crippen molar-refractivity contribution in [3.05, 3.63) is 76.3 Å². The molecule has 6 nitrogen and oxygen atoms in total. The van der Waals surface area contributed by atoms with E-state index in [1.165, 1.54) is 29.2 Å². The van der Waals surface area contributed by atoms with Crippen LogP contribution in [0.5, 0.6) is 5.75 Å². The van der Waals surface area contributed by atoms with Gasteiger partial charge in [-0.3, -0.25) is 9.59 Å². The van der Waals surface area contributed by atoms with Gasteiger partial charge < -0.3 is 15.4 Å². The first kappa shape index (κ1) is 25.3. The molecule has 2 N–H and O–H groups in total. The van der Waals surface area contributed by atoms with Crippen LogP contribution < -0.4 is 15.4 Å². The lowest BCUT2D eigenvalue weighted by Gasteiger charge is -2.11. The van der Waals surface area contributed by atoms with Gasteiger partial charge in [0, 0.05) is 16.4 Å². The smallest absolute Gasteiger partial charge is 0.257 e. The van der Waals surface area contributed by atoms with E-state index in [9.17, 15) is 9.59 Å². The number of thiazole rings is 1. The van der Waals surface area contributed by atoms with Gasteiger partial charge in [0.25, 0.3) is 5.91 Å². The number of halogens is 2. The Morgan fingerprint density at radius 2 is 1.77 bits per heavy atom. The van der Waals surface area contributed by atoms with Crippen molar-refractivity contribution in [2.75, 3.05) is 17.2 Å². The maximum atomic E-state index is 12.6. The molecule has 0 aliphatic heterocycles. The van der Waals surface area contributed by atoms with E-state index in [1.54, 1.807) is 18.2 Å². The van der Waals surface area contributed by atoms with Gasteiger partial charge in [-0.15, -0.1) is 11.3 Å². The van der Waals surface area contributed by atoms with E-state index >= 15 is 0 Å². The molecular formula is C25H21Cl2N3O3S2. The molecule has 1 unspecified atom stereocenters. The zero-order chi connectivity index (χ0) is 24.9. The average molecular weight is 547 g/mol. The van der Waals surface area contributed by atoms with Gasteiger partial charge in [-0.25, -0.2) is 4.98 Å². The van der Waals surface area contributed by atoms with Gasteiger partial charge in [0.2, 0.25) is 5.91 Å². The molecule has 3 aromatic carbocycles. The molecule has 1 aromatic heterocycles. The van der Waals surface area contributed by atoms with Gasteiger partial charge in [-0.1, -0.05) is 35.0 Å². The van der Waals surface area contributed by atoms with Crippen molar-refractivity contribution in [3.8, 4) is 5.75 Å². The topological polar surface area (TPSA) is 80.3 Å². The lowest BCUT2D eigenvalue weighted by molar-refractivity contribution is -0.115. The summed E-state index contributed by atoms with van der Waals surface area (Å²) < 4.78 is 7.08. The highest BCUT2D eigenvalue weighted by Crippen LogP contribution is 2.34. The predicted octanol–water partition coefficient (Wildman–Crippen LogP) is 7.37. The van der Waals surface area contributed by atoms with Crippen LogP contribution in [0, 0.1) is 0 Å². The van der Waals surface area contributed by atoms with Gasteiger partial charge in [0.15, 0.2) is 4.34 Å². The van der Waals surface area contributed by atoms with Crippen molar-refractivity contribution in [1.29, 1.82) is 0 Å². The highest BCUT2D eigenvalue weighted by Gasteiger charge is 2.18. The van der Waals surface area contributed by atoms with E-state index in [2.05, 4.69) is 15.6 Å². The summed E-state index contributed by atoms with van der Waals surface area (Å²) in [6.45, 7) is 4.35. The number of nitrogens with zero attached hydrogens (tertiary/aromatic N) is 1. The highest BCUT2D eigenvalue weighted by molar-refractivity contribution is 8.02. The molecule has 0 saturated carbocycles. The van der Waals surface area contributed by atoms with E-state index in [0.29, 0.717) is 28.6 Å². The minimum atomic E-state index is -0.353. The number of hydrogen-bond donors (Lipinski definition) is 2. The van der Waals surface area contributed by atoms with Crippen LogP contribution in [-0.4, -0.2) is 28.7 Å². The SMILES string of the molecule is CCOc1ccc(NC(=O)C(C)Sc2nc3ccc(NC(=O)c4ccc(Cl)cc4Cl)cc3s2)cc1. The summed E-state index contributed by atoms with van der Waals surface area (Å²) in [4.78, 5) is 29.9. The zero-order valence-electron chi connectivity index (χ0n) is 18.8. The fourth-order valence-corrected chi connectivity index (χ4v) is 5.90. The zero-order valence-corrected chi connectivity index (χ0v) is 21.9. The Kier molecular flexibility index (Phi) is 8.18. The Morgan fingerprint density at radius 1 is 1.03 bits per heavy atom. The number of aromatic nitrogens is 1. The van der Waals surface area contributed by atoms with Crippen LogP contribution in [0.15, 0.2) is 65.0 Å². The molecule has 0 aliphatic carbocycles. The van der Waals surface area contributed by atoms with Crippen molar-refractivity contribution in [1.82, 2.24) is 4.98 Å². The third kappa shape index (κ3) is 6.46. The minimum absolute atomic E-state index is 0.119. The summed E-state index contributed by atoms with van der Waals surface area (Å²) in [5.41, 5.74) is 2.45. The number of fused-ring (bicyclic) bond motifs is 1. The number of thioether (sulfide) groups is 1. The molecule has 10 heteroatoms. The van der Waals surface area contributed by atoms with Crippen LogP contribution in [0.4, 0.5) is 11.4 Å². The quantitative estimate of drug-likeness (QED) is 0.226. The molecule has 2 amide bonds. The van der Waals surface area contributed by atoms with Crippen molar-refractivity contribution in [2.45, 2.75) is 23.4 Å². The summed E-state index contributed by atoms with van der Waals surface area (Å²) in [6.07, 6.45) is 0. The van der Waals surface area contributed by atoms with E-state index < -0.39 is 0 Å². The number of ether oxygens (including phenoxy) is 1. The third-order valence-electron chi connectivity index (χ3n) is 4.88. The molecule has 4 rings (SSSR count). The van der Waals surface area contributed by atoms with Gasteiger partial charge in [0.05, 0.1) is 32.7 Å². The Labute approximate surface area is 221 Å². The number of carbonyl (C=O) groups excluding carboxylic acids is 2. The summed E-state index contributed by atoms with van der Waals surface area (Å²) >= 11 is 14.9. The summed E-state index contributed by atoms with van der Waals surface area (Å²) in [5.74, 6) is 0.310. The molecule has 0 fully saturated rings. The Bertz CT molecular complexity index is 1380. The van der Waals surface area contributed by atoms with Crippen molar-refractivity contribution in [2.24, 2.45) is 0 Å². The molecule has 4 aromatic rings. The van der Waals surface area contributed by atoms with E-state index in [0.717, 1.165) is 20.3 Å². The first-order chi connectivity index (χ1) is 16.8. The number of rotatable bonds is 8. The van der Waals surface area contributed by atoms with E-state index in [1.807, 2.05) is 50.2 Å². The van der Waals surface area contributed by atoms with Gasteiger partial charge in [0.1, 0.15) is 5.75 Å². The maximum Gasteiger partial charge on any atom is 0.257 e. The molecule has 35 heavy (non-hydrogen) atoms. The number of anilines is 2. The second kappa shape index (κ2) is 11.3. The van der Waals surface area contributed by atoms with Gasteiger partial charge in [-0.05, 0) is 74.5 Å². The highest BCUT2D eigenvalue weighted by atomic mass is 35.5. The summed E-state index contributed by atoms with van der Waals surface area (Å²) in [6, 6.07) is 17.5. The molecule has 0 saturated heterocycles. The van der Waals surface area contributed by atoms with Crippen molar-refractivity contribution < 1.29 is 14.3 Å². The second-order valence-corrected chi connectivity index (χ2v) is 10.9. The Hall–Kier alpha value is -2.78. The largest absolute Gasteiger partial charge is 0.494 e. The van der Waals surface area contributed by atoms with Crippen LogP contribution in [0.1, 0.15) is 24.2 Å². The molecule has 0 radical (unpaired) electrons. The minimum Gasteiger partial charge on any atom is -0.494 e. The van der Waals surface area contributed by atoms with Gasteiger partial charge >= 0.3 is 0 Å². The van der Waals surface area contributed by atoms with Crippen LogP contribution in [0.2, 0.25) is 10.0 Å².